The number of sulfonamides is 1. The second-order valence-electron chi connectivity index (χ2n) is 7.32. The van der Waals surface area contributed by atoms with E-state index in [9.17, 15) is 23.1 Å². The maximum Gasteiger partial charge on any atom is 0.313 e. The molecular formula is C17H30N2O6S. The zero-order chi connectivity index (χ0) is 19.4. The van der Waals surface area contributed by atoms with Crippen molar-refractivity contribution < 1.29 is 27.9 Å². The number of hydrogen-bond acceptors (Lipinski definition) is 5. The number of hydrogen-bond donors (Lipinski definition) is 1. The van der Waals surface area contributed by atoms with E-state index in [0.29, 0.717) is 45.2 Å². The van der Waals surface area contributed by atoms with Gasteiger partial charge in [-0.2, -0.15) is 4.31 Å². The number of unbranched alkanes of at least 4 members (excludes halogenated alkanes) is 1. The highest BCUT2D eigenvalue weighted by Crippen LogP contribution is 2.33. The van der Waals surface area contributed by atoms with Crippen molar-refractivity contribution in [2.24, 2.45) is 5.41 Å². The molecular weight excluding hydrogens is 360 g/mol. The molecule has 2 aliphatic heterocycles. The molecule has 0 aromatic rings. The van der Waals surface area contributed by atoms with E-state index in [1.807, 2.05) is 6.92 Å². The van der Waals surface area contributed by atoms with Gasteiger partial charge in [0, 0.05) is 26.7 Å². The second-order valence-corrected chi connectivity index (χ2v) is 9.36. The number of methoxy groups -OCH3 is 1. The van der Waals surface area contributed by atoms with Crippen LogP contribution in [0.25, 0.3) is 0 Å². The summed E-state index contributed by atoms with van der Waals surface area (Å²) in [5.74, 6) is -1.20. The van der Waals surface area contributed by atoms with Gasteiger partial charge in [0.25, 0.3) is 0 Å². The van der Waals surface area contributed by atoms with Gasteiger partial charge in [-0.15, -0.1) is 0 Å². The van der Waals surface area contributed by atoms with Gasteiger partial charge in [-0.25, -0.2) is 8.42 Å². The first kappa shape index (κ1) is 21.1. The lowest BCUT2D eigenvalue weighted by molar-refractivity contribution is -0.159. The van der Waals surface area contributed by atoms with Gasteiger partial charge >= 0.3 is 5.97 Å². The number of carbonyl (C=O) groups excluding carboxylic acids is 1. The highest BCUT2D eigenvalue weighted by molar-refractivity contribution is 7.89. The summed E-state index contributed by atoms with van der Waals surface area (Å²) in [7, 11) is -2.02. The SMILES string of the molecule is CCCCS(=O)(=O)N1CCCC1C(=O)N1CCCC(COC)(C(=O)O)C1. The number of carboxylic acids is 1. The Balaban J connectivity index is 2.15. The Morgan fingerprint density at radius 2 is 2.00 bits per heavy atom. The molecule has 26 heavy (non-hydrogen) atoms. The third-order valence-electron chi connectivity index (χ3n) is 5.36. The molecule has 0 aliphatic carbocycles. The number of aliphatic carboxylic acids is 1. The van der Waals surface area contributed by atoms with Crippen LogP contribution in [0, 0.1) is 5.41 Å². The van der Waals surface area contributed by atoms with Crippen LogP contribution in [0.2, 0.25) is 0 Å². The average molecular weight is 391 g/mol. The number of piperidine rings is 1. The van der Waals surface area contributed by atoms with Crippen molar-refractivity contribution in [2.75, 3.05) is 39.1 Å². The smallest absolute Gasteiger partial charge is 0.313 e. The summed E-state index contributed by atoms with van der Waals surface area (Å²) >= 11 is 0. The molecule has 2 rings (SSSR count). The molecule has 0 saturated carbocycles. The lowest BCUT2D eigenvalue weighted by Gasteiger charge is -2.41. The van der Waals surface area contributed by atoms with Crippen molar-refractivity contribution in [3.05, 3.63) is 0 Å². The Morgan fingerprint density at radius 3 is 2.62 bits per heavy atom. The summed E-state index contributed by atoms with van der Waals surface area (Å²) in [6, 6.07) is -0.705. The lowest BCUT2D eigenvalue weighted by atomic mass is 9.80. The maximum atomic E-state index is 13.0. The van der Waals surface area contributed by atoms with Crippen molar-refractivity contribution in [2.45, 2.75) is 51.5 Å². The van der Waals surface area contributed by atoms with E-state index >= 15 is 0 Å². The predicted molar refractivity (Wildman–Crippen MR) is 96.2 cm³/mol. The Labute approximate surface area is 155 Å². The van der Waals surface area contributed by atoms with Gasteiger partial charge in [-0.05, 0) is 32.1 Å². The molecule has 1 amide bonds. The molecule has 150 valence electrons. The van der Waals surface area contributed by atoms with Crippen LogP contribution >= 0.6 is 0 Å². The first-order valence-corrected chi connectivity index (χ1v) is 10.9. The van der Waals surface area contributed by atoms with Crippen molar-refractivity contribution in [1.82, 2.24) is 9.21 Å². The van der Waals surface area contributed by atoms with E-state index in [0.717, 1.165) is 6.42 Å². The minimum atomic E-state index is -3.47. The zero-order valence-corrected chi connectivity index (χ0v) is 16.5. The summed E-state index contributed by atoms with van der Waals surface area (Å²) in [5, 5.41) is 9.64. The number of rotatable bonds is 8. The van der Waals surface area contributed by atoms with Crippen LogP contribution in [0.3, 0.4) is 0 Å². The molecule has 0 bridgehead atoms. The minimum absolute atomic E-state index is 0.0370. The van der Waals surface area contributed by atoms with Crippen molar-refractivity contribution in [3.8, 4) is 0 Å². The summed E-state index contributed by atoms with van der Waals surface area (Å²) in [5.41, 5.74) is -1.12. The molecule has 1 N–H and O–H groups in total. The van der Waals surface area contributed by atoms with E-state index in [1.54, 1.807) is 0 Å². The third-order valence-corrected chi connectivity index (χ3v) is 7.32. The monoisotopic (exact) mass is 390 g/mol. The molecule has 2 atom stereocenters. The van der Waals surface area contributed by atoms with Crippen LogP contribution < -0.4 is 0 Å². The lowest BCUT2D eigenvalue weighted by Crippen LogP contribution is -2.56. The quantitative estimate of drug-likeness (QED) is 0.661. The fourth-order valence-corrected chi connectivity index (χ4v) is 5.80. The predicted octanol–water partition coefficient (Wildman–Crippen LogP) is 0.921. The van der Waals surface area contributed by atoms with Crippen LogP contribution in [-0.4, -0.2) is 79.8 Å². The Morgan fingerprint density at radius 1 is 1.27 bits per heavy atom. The first-order chi connectivity index (χ1) is 12.3. The number of carboxylic acid groups (broad SMARTS) is 1. The molecule has 0 aromatic carbocycles. The van der Waals surface area contributed by atoms with Gasteiger partial charge in [-0.1, -0.05) is 13.3 Å². The standard InChI is InChI=1S/C17H30N2O6S/c1-3-4-11-26(23,24)19-10-5-7-14(19)15(20)18-9-6-8-17(12-18,13-25-2)16(21)22/h14H,3-13H2,1-2H3,(H,21,22). The molecule has 0 radical (unpaired) electrons. The van der Waals surface area contributed by atoms with Crippen molar-refractivity contribution in [3.63, 3.8) is 0 Å². The minimum Gasteiger partial charge on any atom is -0.481 e. The summed E-state index contributed by atoms with van der Waals surface area (Å²) in [6.07, 6.45) is 3.50. The van der Waals surface area contributed by atoms with E-state index in [-0.39, 0.29) is 24.8 Å². The molecule has 2 heterocycles. The molecule has 0 spiro atoms. The molecule has 9 heteroatoms. The zero-order valence-electron chi connectivity index (χ0n) is 15.6. The molecule has 2 fully saturated rings. The molecule has 8 nitrogen and oxygen atoms in total. The molecule has 0 aromatic heterocycles. The van der Waals surface area contributed by atoms with Crippen molar-refractivity contribution in [1.29, 1.82) is 0 Å². The normalized spacial score (nSPS) is 27.6. The second kappa shape index (κ2) is 8.67. The van der Waals surface area contributed by atoms with Crippen LogP contribution in [0.4, 0.5) is 0 Å². The molecule has 2 saturated heterocycles. The number of carbonyl (C=O) groups is 2. The van der Waals surface area contributed by atoms with E-state index in [1.165, 1.54) is 16.3 Å². The van der Waals surface area contributed by atoms with E-state index < -0.39 is 27.4 Å². The van der Waals surface area contributed by atoms with Gasteiger partial charge in [0.2, 0.25) is 15.9 Å². The number of nitrogens with zero attached hydrogens (tertiary/aromatic N) is 2. The third kappa shape index (κ3) is 4.37. The Bertz CT molecular complexity index is 619. The number of likely N-dealkylation sites (tertiary alicyclic amines) is 1. The van der Waals surface area contributed by atoms with Gasteiger partial charge in [-0.3, -0.25) is 9.59 Å². The number of amides is 1. The van der Waals surface area contributed by atoms with E-state index in [4.69, 9.17) is 4.74 Å². The molecule has 2 unspecified atom stereocenters. The van der Waals surface area contributed by atoms with Gasteiger partial charge in [0.1, 0.15) is 11.5 Å². The van der Waals surface area contributed by atoms with Gasteiger partial charge in [0.05, 0.1) is 12.4 Å². The molecule has 2 aliphatic rings. The maximum absolute atomic E-state index is 13.0. The Hall–Kier alpha value is -1.19. The van der Waals surface area contributed by atoms with Gasteiger partial charge < -0.3 is 14.7 Å². The Kier molecular flexibility index (Phi) is 7.04. The highest BCUT2D eigenvalue weighted by Gasteiger charge is 2.47. The van der Waals surface area contributed by atoms with Crippen LogP contribution in [0.5, 0.6) is 0 Å². The van der Waals surface area contributed by atoms with Gasteiger partial charge in [0.15, 0.2) is 0 Å². The summed E-state index contributed by atoms with van der Waals surface area (Å²) in [6.45, 7) is 2.84. The van der Waals surface area contributed by atoms with Crippen LogP contribution in [0.15, 0.2) is 0 Å². The fourth-order valence-electron chi connectivity index (χ4n) is 3.92. The average Bonchev–Trinajstić information content (AvgIpc) is 3.10. The van der Waals surface area contributed by atoms with Crippen molar-refractivity contribution >= 4 is 21.9 Å². The van der Waals surface area contributed by atoms with Crippen LogP contribution in [-0.2, 0) is 24.3 Å². The topological polar surface area (TPSA) is 104 Å². The van der Waals surface area contributed by atoms with E-state index in [2.05, 4.69) is 0 Å². The fraction of sp³-hybridized carbons (Fsp3) is 0.882. The summed E-state index contributed by atoms with van der Waals surface area (Å²) in [4.78, 5) is 26.3. The highest BCUT2D eigenvalue weighted by atomic mass is 32.2. The summed E-state index contributed by atoms with van der Waals surface area (Å²) < 4.78 is 31.6. The largest absolute Gasteiger partial charge is 0.481 e. The number of ether oxygens (including phenoxy) is 1. The van der Waals surface area contributed by atoms with Crippen LogP contribution in [0.1, 0.15) is 45.4 Å². The first-order valence-electron chi connectivity index (χ1n) is 9.28.